The fraction of sp³-hybridized carbons (Fsp3) is 0.167. The summed E-state index contributed by atoms with van der Waals surface area (Å²) >= 11 is 0. The van der Waals surface area contributed by atoms with Crippen LogP contribution in [0.3, 0.4) is 0 Å². The Balaban J connectivity index is 1.61. The van der Waals surface area contributed by atoms with Crippen molar-refractivity contribution in [1.29, 1.82) is 0 Å². The first-order valence-electron chi connectivity index (χ1n) is 9.53. The van der Waals surface area contributed by atoms with E-state index in [4.69, 9.17) is 4.84 Å². The molecule has 0 bridgehead atoms. The van der Waals surface area contributed by atoms with Gasteiger partial charge in [-0.15, -0.1) is 0 Å². The standard InChI is InChI=1S/C24H24N2O3/c27-23(25-17-20-12-6-2-7-13-20)22(16-19-10-4-1-5-11-19)24(28)26-29-18-21-14-8-3-9-15-21/h1-15,22H,16-18H2,(H,25,27)(H,26,28). The molecule has 0 aliphatic carbocycles. The third kappa shape index (κ3) is 6.59. The van der Waals surface area contributed by atoms with Gasteiger partial charge in [0.15, 0.2) is 0 Å². The lowest BCUT2D eigenvalue weighted by molar-refractivity contribution is -0.144. The number of carbonyl (C=O) groups is 2. The highest BCUT2D eigenvalue weighted by molar-refractivity contribution is 6.00. The Morgan fingerprint density at radius 1 is 0.690 bits per heavy atom. The summed E-state index contributed by atoms with van der Waals surface area (Å²) in [5.41, 5.74) is 5.24. The van der Waals surface area contributed by atoms with Crippen molar-refractivity contribution in [2.24, 2.45) is 5.92 Å². The zero-order chi connectivity index (χ0) is 20.3. The van der Waals surface area contributed by atoms with Gasteiger partial charge in [0.05, 0.1) is 6.61 Å². The number of carbonyl (C=O) groups excluding carboxylic acids is 2. The van der Waals surface area contributed by atoms with Crippen LogP contribution in [0.5, 0.6) is 0 Å². The minimum atomic E-state index is -0.892. The van der Waals surface area contributed by atoms with Crippen LogP contribution < -0.4 is 10.8 Å². The highest BCUT2D eigenvalue weighted by Gasteiger charge is 2.27. The highest BCUT2D eigenvalue weighted by atomic mass is 16.6. The number of amides is 2. The van der Waals surface area contributed by atoms with Gasteiger partial charge in [-0.05, 0) is 23.1 Å². The van der Waals surface area contributed by atoms with Crippen LogP contribution in [0.2, 0.25) is 0 Å². The number of hydroxylamine groups is 1. The molecule has 0 fully saturated rings. The van der Waals surface area contributed by atoms with E-state index in [1.165, 1.54) is 0 Å². The maximum Gasteiger partial charge on any atom is 0.256 e. The summed E-state index contributed by atoms with van der Waals surface area (Å²) in [6, 6.07) is 28.6. The minimum absolute atomic E-state index is 0.232. The first-order valence-corrected chi connectivity index (χ1v) is 9.53. The van der Waals surface area contributed by atoms with E-state index >= 15 is 0 Å². The highest BCUT2D eigenvalue weighted by Crippen LogP contribution is 2.11. The lowest BCUT2D eigenvalue weighted by Crippen LogP contribution is -2.42. The maximum absolute atomic E-state index is 12.8. The molecule has 148 valence electrons. The molecule has 5 nitrogen and oxygen atoms in total. The molecule has 29 heavy (non-hydrogen) atoms. The molecule has 0 saturated carbocycles. The molecule has 2 amide bonds. The van der Waals surface area contributed by atoms with Crippen molar-refractivity contribution in [3.8, 4) is 0 Å². The van der Waals surface area contributed by atoms with Gasteiger partial charge in [0.1, 0.15) is 5.92 Å². The second-order valence-corrected chi connectivity index (χ2v) is 6.69. The van der Waals surface area contributed by atoms with Gasteiger partial charge in [-0.1, -0.05) is 91.0 Å². The molecule has 0 aliphatic heterocycles. The van der Waals surface area contributed by atoms with Crippen LogP contribution in [0.4, 0.5) is 0 Å². The molecule has 0 spiro atoms. The van der Waals surface area contributed by atoms with Crippen LogP contribution in [0.1, 0.15) is 16.7 Å². The predicted octanol–water partition coefficient (Wildman–Crippen LogP) is 3.41. The van der Waals surface area contributed by atoms with Crippen LogP contribution in [0, 0.1) is 5.92 Å². The summed E-state index contributed by atoms with van der Waals surface area (Å²) in [6.07, 6.45) is 0.294. The molecule has 3 rings (SSSR count). The molecular formula is C24H24N2O3. The van der Waals surface area contributed by atoms with E-state index in [1.807, 2.05) is 91.0 Å². The molecule has 1 atom stereocenters. The van der Waals surface area contributed by atoms with Crippen LogP contribution in [0.25, 0.3) is 0 Å². The summed E-state index contributed by atoms with van der Waals surface area (Å²) < 4.78 is 0. The second-order valence-electron chi connectivity index (χ2n) is 6.69. The van der Waals surface area contributed by atoms with Crippen molar-refractivity contribution >= 4 is 11.8 Å². The van der Waals surface area contributed by atoms with Crippen LogP contribution in [-0.4, -0.2) is 11.8 Å². The summed E-state index contributed by atoms with van der Waals surface area (Å²) in [5, 5.41) is 2.85. The summed E-state index contributed by atoms with van der Waals surface area (Å²) in [4.78, 5) is 30.8. The van der Waals surface area contributed by atoms with E-state index in [-0.39, 0.29) is 12.5 Å². The molecule has 3 aromatic carbocycles. The van der Waals surface area contributed by atoms with E-state index in [1.54, 1.807) is 0 Å². The normalized spacial score (nSPS) is 11.4. The molecule has 1 unspecified atom stereocenters. The average Bonchev–Trinajstić information content (AvgIpc) is 2.78. The van der Waals surface area contributed by atoms with Gasteiger partial charge < -0.3 is 5.32 Å². The zero-order valence-electron chi connectivity index (χ0n) is 16.1. The maximum atomic E-state index is 12.8. The van der Waals surface area contributed by atoms with Crippen molar-refractivity contribution in [3.05, 3.63) is 108 Å². The van der Waals surface area contributed by atoms with Gasteiger partial charge in [-0.25, -0.2) is 5.48 Å². The molecule has 3 aromatic rings. The molecule has 0 saturated heterocycles. The summed E-state index contributed by atoms with van der Waals surface area (Å²) in [7, 11) is 0. The Morgan fingerprint density at radius 2 is 1.21 bits per heavy atom. The molecule has 2 N–H and O–H groups in total. The van der Waals surface area contributed by atoms with Crippen molar-refractivity contribution in [3.63, 3.8) is 0 Å². The molecule has 5 heteroatoms. The number of rotatable bonds is 9. The fourth-order valence-electron chi connectivity index (χ4n) is 2.90. The minimum Gasteiger partial charge on any atom is -0.351 e. The van der Waals surface area contributed by atoms with Gasteiger partial charge in [-0.2, -0.15) is 0 Å². The van der Waals surface area contributed by atoms with Gasteiger partial charge in [0.25, 0.3) is 5.91 Å². The monoisotopic (exact) mass is 388 g/mol. The number of nitrogens with one attached hydrogen (secondary N) is 2. The van der Waals surface area contributed by atoms with Gasteiger partial charge in [0, 0.05) is 6.54 Å². The fourth-order valence-corrected chi connectivity index (χ4v) is 2.90. The molecule has 0 aliphatic rings. The first-order chi connectivity index (χ1) is 14.2. The Hall–Kier alpha value is -3.44. The van der Waals surface area contributed by atoms with Crippen molar-refractivity contribution in [2.75, 3.05) is 0 Å². The quantitative estimate of drug-likeness (QED) is 0.436. The topological polar surface area (TPSA) is 67.4 Å². The van der Waals surface area contributed by atoms with E-state index in [2.05, 4.69) is 10.8 Å². The second kappa shape index (κ2) is 10.8. The Morgan fingerprint density at radius 3 is 1.79 bits per heavy atom. The van der Waals surface area contributed by atoms with E-state index < -0.39 is 11.8 Å². The molecular weight excluding hydrogens is 364 g/mol. The van der Waals surface area contributed by atoms with E-state index in [0.717, 1.165) is 16.7 Å². The van der Waals surface area contributed by atoms with E-state index in [9.17, 15) is 9.59 Å². The summed E-state index contributed by atoms with van der Waals surface area (Å²) in [6.45, 7) is 0.597. The summed E-state index contributed by atoms with van der Waals surface area (Å²) in [5.74, 6) is -1.69. The van der Waals surface area contributed by atoms with Gasteiger partial charge in [-0.3, -0.25) is 14.4 Å². The smallest absolute Gasteiger partial charge is 0.256 e. The number of benzene rings is 3. The lowest BCUT2D eigenvalue weighted by atomic mass is 9.97. The molecule has 0 radical (unpaired) electrons. The van der Waals surface area contributed by atoms with Crippen LogP contribution in [-0.2, 0) is 34.0 Å². The third-order valence-electron chi connectivity index (χ3n) is 4.48. The van der Waals surface area contributed by atoms with Crippen molar-refractivity contribution < 1.29 is 14.4 Å². The predicted molar refractivity (Wildman–Crippen MR) is 111 cm³/mol. The Kier molecular flexibility index (Phi) is 7.55. The Labute approximate surface area is 170 Å². The number of hydrogen-bond acceptors (Lipinski definition) is 3. The molecule has 0 aromatic heterocycles. The van der Waals surface area contributed by atoms with Crippen molar-refractivity contribution in [2.45, 2.75) is 19.6 Å². The average molecular weight is 388 g/mol. The SMILES string of the molecule is O=C(NCc1ccccc1)C(Cc1ccccc1)C(=O)NOCc1ccccc1. The van der Waals surface area contributed by atoms with Crippen LogP contribution >= 0.6 is 0 Å². The zero-order valence-corrected chi connectivity index (χ0v) is 16.1. The van der Waals surface area contributed by atoms with Crippen molar-refractivity contribution in [1.82, 2.24) is 10.8 Å². The van der Waals surface area contributed by atoms with Gasteiger partial charge in [0.2, 0.25) is 5.91 Å². The first kappa shape index (κ1) is 20.3. The van der Waals surface area contributed by atoms with E-state index in [0.29, 0.717) is 13.0 Å². The van der Waals surface area contributed by atoms with Gasteiger partial charge >= 0.3 is 0 Å². The largest absolute Gasteiger partial charge is 0.351 e. The number of hydrogen-bond donors (Lipinski definition) is 2. The van der Waals surface area contributed by atoms with Crippen LogP contribution in [0.15, 0.2) is 91.0 Å². The lowest BCUT2D eigenvalue weighted by Gasteiger charge is -2.17. The Bertz CT molecular complexity index is 899. The third-order valence-corrected chi connectivity index (χ3v) is 4.48. The molecule has 0 heterocycles.